The predicted octanol–water partition coefficient (Wildman–Crippen LogP) is 0.755. The van der Waals surface area contributed by atoms with E-state index in [1.807, 2.05) is 0 Å². The van der Waals surface area contributed by atoms with Gasteiger partial charge in [-0.2, -0.15) is 0 Å². The van der Waals surface area contributed by atoms with Gasteiger partial charge in [0.2, 0.25) is 10.0 Å². The summed E-state index contributed by atoms with van der Waals surface area (Å²) >= 11 is 0.790. The molecule has 0 fully saturated rings. The molecule has 0 saturated carbocycles. The van der Waals surface area contributed by atoms with E-state index in [-0.39, 0.29) is 20.6 Å². The van der Waals surface area contributed by atoms with Gasteiger partial charge < -0.3 is 4.74 Å². The molecule has 0 spiro atoms. The summed E-state index contributed by atoms with van der Waals surface area (Å²) in [7, 11) is -2.44. The van der Waals surface area contributed by atoms with Crippen LogP contribution in [-0.4, -0.2) is 31.4 Å². The Balaban J connectivity index is 2.29. The van der Waals surface area contributed by atoms with Gasteiger partial charge in [0.05, 0.1) is 24.6 Å². The Labute approximate surface area is 125 Å². The largest absolute Gasteiger partial charge is 0.494 e. The standard InChI is InChI=1S/C11H12N4O4S2/c1-6-10(21(12,17)18)20-11(14-6)15-9(16)7-3-4-13-5-8(7)19-2/h3-5H,1-2H3,(H2,12,17,18)(H,14,15,16). The molecule has 0 aliphatic heterocycles. The fraction of sp³-hybridized carbons (Fsp3) is 0.182. The van der Waals surface area contributed by atoms with Crippen molar-refractivity contribution in [3.63, 3.8) is 0 Å². The number of aryl methyl sites for hydroxylation is 1. The van der Waals surface area contributed by atoms with E-state index in [4.69, 9.17) is 9.88 Å². The molecule has 0 aliphatic rings. The normalized spacial score (nSPS) is 11.2. The number of primary sulfonamides is 1. The number of nitrogens with one attached hydrogen (secondary N) is 1. The van der Waals surface area contributed by atoms with Gasteiger partial charge in [-0.1, -0.05) is 11.3 Å². The van der Waals surface area contributed by atoms with Crippen LogP contribution in [0.15, 0.2) is 22.7 Å². The summed E-state index contributed by atoms with van der Waals surface area (Å²) in [4.78, 5) is 19.9. The Kier molecular flexibility index (Phi) is 4.21. The lowest BCUT2D eigenvalue weighted by molar-refractivity contribution is 0.102. The molecule has 0 aliphatic carbocycles. The summed E-state index contributed by atoms with van der Waals surface area (Å²) in [6.45, 7) is 1.50. The highest BCUT2D eigenvalue weighted by Crippen LogP contribution is 2.27. The fourth-order valence-corrected chi connectivity index (χ4v) is 3.45. The third-order valence-electron chi connectivity index (χ3n) is 2.48. The number of anilines is 1. The number of nitrogens with zero attached hydrogens (tertiary/aromatic N) is 2. The minimum absolute atomic E-state index is 0.0838. The van der Waals surface area contributed by atoms with E-state index in [2.05, 4.69) is 15.3 Å². The van der Waals surface area contributed by atoms with Crippen LogP contribution in [0.1, 0.15) is 16.1 Å². The van der Waals surface area contributed by atoms with Crippen molar-refractivity contribution in [1.29, 1.82) is 0 Å². The van der Waals surface area contributed by atoms with Crippen molar-refractivity contribution in [3.8, 4) is 5.75 Å². The number of rotatable bonds is 4. The van der Waals surface area contributed by atoms with Gasteiger partial charge in [-0.05, 0) is 13.0 Å². The Morgan fingerprint density at radius 3 is 2.76 bits per heavy atom. The number of carbonyl (C=O) groups excluding carboxylic acids is 1. The summed E-state index contributed by atoms with van der Waals surface area (Å²) in [5, 5.41) is 7.71. The quantitative estimate of drug-likeness (QED) is 0.853. The molecule has 2 rings (SSSR count). The maximum Gasteiger partial charge on any atom is 0.261 e. The minimum Gasteiger partial charge on any atom is -0.494 e. The molecule has 2 heterocycles. The second-order valence-corrected chi connectivity index (χ2v) is 6.72. The Morgan fingerprint density at radius 2 is 2.19 bits per heavy atom. The summed E-state index contributed by atoms with van der Waals surface area (Å²) in [5.41, 5.74) is 0.497. The molecule has 0 bridgehead atoms. The first kappa shape index (κ1) is 15.4. The summed E-state index contributed by atoms with van der Waals surface area (Å²) in [6.07, 6.45) is 2.85. The molecule has 0 atom stereocenters. The lowest BCUT2D eigenvalue weighted by Crippen LogP contribution is -2.13. The molecule has 0 saturated heterocycles. The second-order valence-electron chi connectivity index (χ2n) is 3.97. The molecule has 0 aromatic carbocycles. The highest BCUT2D eigenvalue weighted by atomic mass is 32.2. The van der Waals surface area contributed by atoms with Crippen LogP contribution in [0.4, 0.5) is 5.13 Å². The van der Waals surface area contributed by atoms with Crippen LogP contribution in [0.25, 0.3) is 0 Å². The molecule has 2 aromatic rings. The lowest BCUT2D eigenvalue weighted by atomic mass is 10.2. The Bertz CT molecular complexity index is 785. The number of thiazole rings is 1. The highest BCUT2D eigenvalue weighted by Gasteiger charge is 2.20. The van der Waals surface area contributed by atoms with E-state index >= 15 is 0 Å². The van der Waals surface area contributed by atoms with Crippen molar-refractivity contribution >= 4 is 32.4 Å². The van der Waals surface area contributed by atoms with Crippen LogP contribution in [-0.2, 0) is 10.0 Å². The van der Waals surface area contributed by atoms with Crippen LogP contribution in [0.5, 0.6) is 5.75 Å². The Hall–Kier alpha value is -2.04. The number of ether oxygens (including phenoxy) is 1. The van der Waals surface area contributed by atoms with E-state index in [0.717, 1.165) is 11.3 Å². The molecule has 0 unspecified atom stereocenters. The van der Waals surface area contributed by atoms with Crippen molar-refractivity contribution in [1.82, 2.24) is 9.97 Å². The third-order valence-corrected chi connectivity index (χ3v) is 5.11. The van der Waals surface area contributed by atoms with Crippen molar-refractivity contribution in [3.05, 3.63) is 29.7 Å². The van der Waals surface area contributed by atoms with Gasteiger partial charge in [0.25, 0.3) is 5.91 Å². The van der Waals surface area contributed by atoms with Gasteiger partial charge >= 0.3 is 0 Å². The SMILES string of the molecule is COc1cnccc1C(=O)Nc1nc(C)c(S(N)(=O)=O)s1. The zero-order valence-electron chi connectivity index (χ0n) is 11.2. The van der Waals surface area contributed by atoms with E-state index in [1.54, 1.807) is 0 Å². The van der Waals surface area contributed by atoms with E-state index < -0.39 is 15.9 Å². The number of aromatic nitrogens is 2. The minimum atomic E-state index is -3.86. The summed E-state index contributed by atoms with van der Waals surface area (Å²) < 4.78 is 27.6. The van der Waals surface area contributed by atoms with Crippen LogP contribution < -0.4 is 15.2 Å². The molecule has 0 radical (unpaired) electrons. The molecule has 112 valence electrons. The topological polar surface area (TPSA) is 124 Å². The number of carbonyl (C=O) groups is 1. The molecule has 21 heavy (non-hydrogen) atoms. The van der Waals surface area contributed by atoms with Crippen molar-refractivity contribution in [2.75, 3.05) is 12.4 Å². The molecule has 10 heteroatoms. The van der Waals surface area contributed by atoms with Crippen LogP contribution in [0, 0.1) is 6.92 Å². The monoisotopic (exact) mass is 328 g/mol. The molecule has 1 amide bonds. The van der Waals surface area contributed by atoms with Crippen molar-refractivity contribution in [2.45, 2.75) is 11.1 Å². The van der Waals surface area contributed by atoms with Gasteiger partial charge in [0, 0.05) is 6.20 Å². The van der Waals surface area contributed by atoms with E-state index in [0.29, 0.717) is 5.75 Å². The van der Waals surface area contributed by atoms with Gasteiger partial charge in [-0.15, -0.1) is 0 Å². The molecule has 2 aromatic heterocycles. The number of sulfonamides is 1. The summed E-state index contributed by atoms with van der Waals surface area (Å²) in [5.74, 6) is -0.182. The lowest BCUT2D eigenvalue weighted by Gasteiger charge is -2.06. The van der Waals surface area contributed by atoms with Gasteiger partial charge in [-0.3, -0.25) is 15.1 Å². The first-order valence-electron chi connectivity index (χ1n) is 5.62. The van der Waals surface area contributed by atoms with Crippen LogP contribution in [0.3, 0.4) is 0 Å². The van der Waals surface area contributed by atoms with E-state index in [1.165, 1.54) is 32.5 Å². The number of hydrogen-bond donors (Lipinski definition) is 2. The van der Waals surface area contributed by atoms with Crippen LogP contribution >= 0.6 is 11.3 Å². The van der Waals surface area contributed by atoms with Crippen molar-refractivity contribution < 1.29 is 17.9 Å². The predicted molar refractivity (Wildman–Crippen MR) is 77.0 cm³/mol. The first-order valence-corrected chi connectivity index (χ1v) is 7.99. The zero-order valence-corrected chi connectivity index (χ0v) is 12.8. The molecular formula is C11H12N4O4S2. The fourth-order valence-electron chi connectivity index (χ4n) is 1.59. The smallest absolute Gasteiger partial charge is 0.261 e. The van der Waals surface area contributed by atoms with E-state index in [9.17, 15) is 13.2 Å². The molecule has 8 nitrogen and oxygen atoms in total. The average Bonchev–Trinajstić information content (AvgIpc) is 2.79. The van der Waals surface area contributed by atoms with Gasteiger partial charge in [-0.25, -0.2) is 18.5 Å². The first-order chi connectivity index (χ1) is 9.82. The molecule has 3 N–H and O–H groups in total. The number of nitrogens with two attached hydrogens (primary N) is 1. The van der Waals surface area contributed by atoms with Crippen molar-refractivity contribution in [2.24, 2.45) is 5.14 Å². The van der Waals surface area contributed by atoms with Gasteiger partial charge in [0.15, 0.2) is 9.34 Å². The maximum atomic E-state index is 12.1. The Morgan fingerprint density at radius 1 is 1.48 bits per heavy atom. The average molecular weight is 328 g/mol. The maximum absolute atomic E-state index is 12.1. The number of methoxy groups -OCH3 is 1. The number of pyridine rings is 1. The second kappa shape index (κ2) is 5.76. The number of hydrogen-bond acceptors (Lipinski definition) is 7. The molecular weight excluding hydrogens is 316 g/mol. The summed E-state index contributed by atoms with van der Waals surface area (Å²) in [6, 6.07) is 1.48. The highest BCUT2D eigenvalue weighted by molar-refractivity contribution is 7.91. The third kappa shape index (κ3) is 3.35. The number of amides is 1. The van der Waals surface area contributed by atoms with Gasteiger partial charge in [0.1, 0.15) is 5.75 Å². The van der Waals surface area contributed by atoms with Crippen LogP contribution in [0.2, 0.25) is 0 Å². The zero-order chi connectivity index (χ0) is 15.6.